The second kappa shape index (κ2) is 41.2. The lowest BCUT2D eigenvalue weighted by atomic mass is 10.1. The first-order valence-electron chi connectivity index (χ1n) is 23.4. The number of phosphoric ester groups is 1. The van der Waals surface area contributed by atoms with Gasteiger partial charge >= 0.3 is 11.9 Å². The van der Waals surface area contributed by atoms with Crippen molar-refractivity contribution in [2.75, 3.05) is 47.5 Å². The van der Waals surface area contributed by atoms with Crippen molar-refractivity contribution in [1.29, 1.82) is 0 Å². The Labute approximate surface area is 372 Å². The van der Waals surface area contributed by atoms with Crippen LogP contribution in [-0.2, 0) is 32.7 Å². The zero-order valence-corrected chi connectivity index (χ0v) is 39.8. The number of allylic oxidation sites excluding steroid dienone is 12. The van der Waals surface area contributed by atoms with Gasteiger partial charge in [0.25, 0.3) is 7.82 Å². The van der Waals surface area contributed by atoms with Gasteiger partial charge in [0.1, 0.15) is 19.8 Å². The Morgan fingerprint density at radius 3 is 1.82 bits per heavy atom. The van der Waals surface area contributed by atoms with Gasteiger partial charge in [0, 0.05) is 12.8 Å². The first-order valence-corrected chi connectivity index (χ1v) is 24.9. The SMILES string of the molecule is CC/C=C\C/C=C\CC(O)/C=C/C=C\C/C=C\C/C=C\CCC(=O)O[C@H](COC(=O)CCCCCCCCC/C=C\CCCCCCCC)COP(=O)([O-])OCC[N+](C)(C)C. The topological polar surface area (TPSA) is 131 Å². The van der Waals surface area contributed by atoms with Gasteiger partial charge < -0.3 is 33.0 Å². The number of carbonyl (C=O) groups excluding carboxylic acids is 2. The minimum Gasteiger partial charge on any atom is -0.756 e. The third-order valence-electron chi connectivity index (χ3n) is 9.49. The maximum atomic E-state index is 12.7. The molecule has 10 nitrogen and oxygen atoms in total. The molecule has 0 aromatic carbocycles. The van der Waals surface area contributed by atoms with Crippen molar-refractivity contribution in [3.05, 3.63) is 85.1 Å². The molecule has 0 amide bonds. The summed E-state index contributed by atoms with van der Waals surface area (Å²) in [7, 11) is 1.07. The number of unbranched alkanes of at least 4 members (excludes halogenated alkanes) is 13. The average molecular weight is 876 g/mol. The summed E-state index contributed by atoms with van der Waals surface area (Å²) in [6.45, 7) is 3.92. The highest BCUT2D eigenvalue weighted by atomic mass is 31.2. The fourth-order valence-corrected chi connectivity index (χ4v) is 6.55. The summed E-state index contributed by atoms with van der Waals surface area (Å²) in [6, 6.07) is 0. The van der Waals surface area contributed by atoms with Gasteiger partial charge in [-0.05, 0) is 70.6 Å². The van der Waals surface area contributed by atoms with E-state index >= 15 is 0 Å². The van der Waals surface area contributed by atoms with Gasteiger partial charge in [-0.2, -0.15) is 0 Å². The van der Waals surface area contributed by atoms with E-state index in [-0.39, 0.29) is 26.1 Å². The van der Waals surface area contributed by atoms with Crippen LogP contribution in [0.1, 0.15) is 162 Å². The Morgan fingerprint density at radius 1 is 0.623 bits per heavy atom. The first kappa shape index (κ1) is 58.1. The molecular weight excluding hydrogens is 790 g/mol. The standard InChI is InChI=1S/C50H86NO9P/c1-6-8-10-12-14-15-16-17-18-19-20-21-22-26-29-33-37-41-49(53)57-45-48(46-59-61(55,56)58-44-43-51(3,4)5)60-50(54)42-38-34-30-27-24-23-25-28-32-36-40-47(52)39-35-31-13-11-9-7-2/h9,11,17-18,23-24,28,30-32,34-36,40,47-48,52H,6-8,10,12-16,19-22,25-27,29,33,37-39,41-46H2,1-5H3/b11-9-,18-17-,24-23-,32-28-,34-30-,35-31-,40-36+/t47?,48-/m1/s1. The number of aliphatic hydroxyl groups is 1. The van der Waals surface area contributed by atoms with Crippen molar-refractivity contribution in [1.82, 2.24) is 0 Å². The van der Waals surface area contributed by atoms with Gasteiger partial charge in [-0.15, -0.1) is 0 Å². The number of hydrogen-bond acceptors (Lipinski definition) is 9. The number of ether oxygens (including phenoxy) is 2. The monoisotopic (exact) mass is 876 g/mol. The molecule has 61 heavy (non-hydrogen) atoms. The fraction of sp³-hybridized carbons (Fsp3) is 0.680. The van der Waals surface area contributed by atoms with E-state index in [0.29, 0.717) is 36.7 Å². The molecule has 0 saturated carbocycles. The highest BCUT2D eigenvalue weighted by Gasteiger charge is 2.21. The lowest BCUT2D eigenvalue weighted by molar-refractivity contribution is -0.870. The molecule has 0 spiro atoms. The zero-order chi connectivity index (χ0) is 45.1. The summed E-state index contributed by atoms with van der Waals surface area (Å²) in [5.74, 6) is -0.973. The molecule has 350 valence electrons. The molecule has 0 aromatic heterocycles. The van der Waals surface area contributed by atoms with Gasteiger partial charge in [0.05, 0.1) is 33.9 Å². The van der Waals surface area contributed by atoms with Crippen molar-refractivity contribution in [3.8, 4) is 0 Å². The van der Waals surface area contributed by atoms with Crippen molar-refractivity contribution in [2.24, 2.45) is 0 Å². The fourth-order valence-electron chi connectivity index (χ4n) is 5.82. The van der Waals surface area contributed by atoms with Gasteiger partial charge in [-0.25, -0.2) is 0 Å². The predicted octanol–water partition coefficient (Wildman–Crippen LogP) is 11.9. The lowest BCUT2D eigenvalue weighted by Crippen LogP contribution is -2.37. The largest absolute Gasteiger partial charge is 0.756 e. The average Bonchev–Trinajstić information content (AvgIpc) is 3.21. The van der Waals surface area contributed by atoms with Gasteiger partial charge in [-0.3, -0.25) is 14.2 Å². The summed E-state index contributed by atoms with van der Waals surface area (Å²) >= 11 is 0. The zero-order valence-electron chi connectivity index (χ0n) is 38.9. The van der Waals surface area contributed by atoms with Crippen molar-refractivity contribution >= 4 is 19.8 Å². The molecule has 0 aliphatic rings. The van der Waals surface area contributed by atoms with Crippen LogP contribution in [0.2, 0.25) is 0 Å². The summed E-state index contributed by atoms with van der Waals surface area (Å²) < 4.78 is 33.8. The molecule has 2 unspecified atom stereocenters. The number of likely N-dealkylation sites (N-methyl/N-ethyl adjacent to an activating group) is 1. The Bertz CT molecular complexity index is 1330. The van der Waals surface area contributed by atoms with Crippen LogP contribution in [0.4, 0.5) is 0 Å². The summed E-state index contributed by atoms with van der Waals surface area (Å²) in [6.07, 6.45) is 49.4. The van der Waals surface area contributed by atoms with E-state index < -0.39 is 38.6 Å². The van der Waals surface area contributed by atoms with Crippen LogP contribution in [0.15, 0.2) is 85.1 Å². The summed E-state index contributed by atoms with van der Waals surface area (Å²) in [5, 5.41) is 10.0. The molecule has 0 heterocycles. The van der Waals surface area contributed by atoms with E-state index in [0.717, 1.165) is 44.9 Å². The molecule has 11 heteroatoms. The second-order valence-corrected chi connectivity index (χ2v) is 18.0. The molecule has 1 N–H and O–H groups in total. The number of carbonyl (C=O) groups is 2. The second-order valence-electron chi connectivity index (χ2n) is 16.6. The number of phosphoric acid groups is 1. The number of hydrogen-bond donors (Lipinski definition) is 1. The molecule has 3 atom stereocenters. The highest BCUT2D eigenvalue weighted by Crippen LogP contribution is 2.38. The molecule has 0 bridgehead atoms. The van der Waals surface area contributed by atoms with Gasteiger partial charge in [-0.1, -0.05) is 163 Å². The van der Waals surface area contributed by atoms with Crippen LogP contribution in [0.5, 0.6) is 0 Å². The van der Waals surface area contributed by atoms with E-state index in [4.69, 9.17) is 18.5 Å². The number of aliphatic hydroxyl groups excluding tert-OH is 1. The normalized spacial score (nSPS) is 14.8. The molecule has 0 aliphatic heterocycles. The van der Waals surface area contributed by atoms with Gasteiger partial charge in [0.2, 0.25) is 0 Å². The van der Waals surface area contributed by atoms with E-state index in [1.165, 1.54) is 64.2 Å². The number of rotatable bonds is 41. The third-order valence-corrected chi connectivity index (χ3v) is 10.5. The van der Waals surface area contributed by atoms with E-state index in [1.54, 1.807) is 6.08 Å². The van der Waals surface area contributed by atoms with Crippen LogP contribution >= 0.6 is 7.82 Å². The van der Waals surface area contributed by atoms with E-state index in [1.807, 2.05) is 69.8 Å². The third kappa shape index (κ3) is 45.0. The lowest BCUT2D eigenvalue weighted by Gasteiger charge is -2.28. The van der Waals surface area contributed by atoms with Crippen LogP contribution in [-0.4, -0.2) is 81.2 Å². The van der Waals surface area contributed by atoms with Crippen LogP contribution in [0.25, 0.3) is 0 Å². The van der Waals surface area contributed by atoms with Crippen LogP contribution in [0.3, 0.4) is 0 Å². The maximum Gasteiger partial charge on any atom is 0.306 e. The molecular formula is C50H86NO9P. The Kier molecular flexibility index (Phi) is 39.3. The van der Waals surface area contributed by atoms with Crippen molar-refractivity contribution in [2.45, 2.75) is 174 Å². The first-order chi connectivity index (χ1) is 29.4. The van der Waals surface area contributed by atoms with E-state index in [2.05, 4.69) is 44.2 Å². The number of quaternary nitrogens is 1. The predicted molar refractivity (Wildman–Crippen MR) is 251 cm³/mol. The molecule has 0 radical (unpaired) electrons. The van der Waals surface area contributed by atoms with Crippen LogP contribution in [0, 0.1) is 0 Å². The molecule has 0 rings (SSSR count). The molecule has 0 fully saturated rings. The molecule has 0 saturated heterocycles. The number of nitrogens with zero attached hydrogens (tertiary/aromatic N) is 1. The van der Waals surface area contributed by atoms with Crippen LogP contribution < -0.4 is 4.89 Å². The maximum absolute atomic E-state index is 12.7. The minimum atomic E-state index is -4.67. The summed E-state index contributed by atoms with van der Waals surface area (Å²) in [5.41, 5.74) is 0. The van der Waals surface area contributed by atoms with E-state index in [9.17, 15) is 24.2 Å². The van der Waals surface area contributed by atoms with Crippen molar-refractivity contribution in [3.63, 3.8) is 0 Å². The Balaban J connectivity index is 4.52. The number of esters is 2. The molecule has 0 aliphatic carbocycles. The Morgan fingerprint density at radius 2 is 1.18 bits per heavy atom. The highest BCUT2D eigenvalue weighted by molar-refractivity contribution is 7.45. The molecule has 0 aromatic rings. The minimum absolute atomic E-state index is 0.0584. The Hall–Kier alpha value is -2.85. The smallest absolute Gasteiger partial charge is 0.306 e. The van der Waals surface area contributed by atoms with Crippen molar-refractivity contribution < 1.29 is 47.2 Å². The summed E-state index contributed by atoms with van der Waals surface area (Å²) in [4.78, 5) is 37.6. The van der Waals surface area contributed by atoms with Gasteiger partial charge in [0.15, 0.2) is 6.10 Å². The quantitative estimate of drug-likeness (QED) is 0.0159.